The van der Waals surface area contributed by atoms with Crippen LogP contribution in [0.4, 0.5) is 13.2 Å². The summed E-state index contributed by atoms with van der Waals surface area (Å²) in [6, 6.07) is 6.85. The largest absolute Gasteiger partial charge is 0.416 e. The van der Waals surface area contributed by atoms with Crippen LogP contribution < -0.4 is 0 Å². The van der Waals surface area contributed by atoms with Gasteiger partial charge in [-0.2, -0.15) is 18.4 Å². The van der Waals surface area contributed by atoms with Crippen molar-refractivity contribution in [2.24, 2.45) is 0 Å². The first-order valence-corrected chi connectivity index (χ1v) is 6.37. The number of hydrogen-bond acceptors (Lipinski definition) is 4. The van der Waals surface area contributed by atoms with Gasteiger partial charge in [0, 0.05) is 18.0 Å². The van der Waals surface area contributed by atoms with E-state index in [1.54, 1.807) is 18.5 Å². The van der Waals surface area contributed by atoms with Gasteiger partial charge >= 0.3 is 6.18 Å². The molecule has 1 N–H and O–H groups in total. The third-order valence-corrected chi connectivity index (χ3v) is 3.17. The zero-order chi connectivity index (χ0) is 15.6. The monoisotopic (exact) mass is 305 g/mol. The van der Waals surface area contributed by atoms with E-state index in [-0.39, 0.29) is 0 Å². The van der Waals surface area contributed by atoms with Crippen LogP contribution in [-0.4, -0.2) is 25.6 Å². The molecule has 0 fully saturated rings. The molecular formula is C14H10F3N5. The van der Waals surface area contributed by atoms with Crippen LogP contribution >= 0.6 is 0 Å². The SMILES string of the molecule is FC(F)(F)c1ccc(Cc2ccncc2-c2nn[nH]n2)cc1. The first-order chi connectivity index (χ1) is 10.5. The maximum absolute atomic E-state index is 12.6. The fourth-order valence-electron chi connectivity index (χ4n) is 2.09. The van der Waals surface area contributed by atoms with E-state index in [1.807, 2.05) is 0 Å². The van der Waals surface area contributed by atoms with Crippen molar-refractivity contribution in [1.82, 2.24) is 25.6 Å². The minimum atomic E-state index is -4.33. The number of hydrogen-bond donors (Lipinski definition) is 1. The number of nitrogens with one attached hydrogen (secondary N) is 1. The van der Waals surface area contributed by atoms with Gasteiger partial charge in [-0.1, -0.05) is 12.1 Å². The van der Waals surface area contributed by atoms with Crippen LogP contribution in [-0.2, 0) is 12.6 Å². The molecule has 3 aromatic rings. The molecule has 0 radical (unpaired) electrons. The molecule has 0 atom stereocenters. The molecule has 112 valence electrons. The van der Waals surface area contributed by atoms with E-state index < -0.39 is 11.7 Å². The predicted molar refractivity (Wildman–Crippen MR) is 71.7 cm³/mol. The van der Waals surface area contributed by atoms with Gasteiger partial charge in [0.15, 0.2) is 0 Å². The Kier molecular flexibility index (Phi) is 3.58. The first kappa shape index (κ1) is 14.2. The van der Waals surface area contributed by atoms with Crippen molar-refractivity contribution < 1.29 is 13.2 Å². The molecule has 0 aliphatic heterocycles. The van der Waals surface area contributed by atoms with Crippen LogP contribution in [0.25, 0.3) is 11.4 Å². The average molecular weight is 305 g/mol. The second-order valence-electron chi connectivity index (χ2n) is 4.64. The molecule has 0 bridgehead atoms. The molecule has 0 aliphatic rings. The topological polar surface area (TPSA) is 67.3 Å². The van der Waals surface area contributed by atoms with Crippen LogP contribution in [0.5, 0.6) is 0 Å². The van der Waals surface area contributed by atoms with E-state index in [2.05, 4.69) is 25.6 Å². The summed E-state index contributed by atoms with van der Waals surface area (Å²) >= 11 is 0. The quantitative estimate of drug-likeness (QED) is 0.808. The van der Waals surface area contributed by atoms with Gasteiger partial charge in [0.1, 0.15) is 0 Å². The maximum Gasteiger partial charge on any atom is 0.416 e. The van der Waals surface area contributed by atoms with Crippen molar-refractivity contribution in [3.05, 3.63) is 59.4 Å². The second-order valence-corrected chi connectivity index (χ2v) is 4.64. The molecule has 1 aromatic carbocycles. The number of rotatable bonds is 3. The number of nitrogens with zero attached hydrogens (tertiary/aromatic N) is 4. The summed E-state index contributed by atoms with van der Waals surface area (Å²) in [5.74, 6) is 0.398. The number of halogens is 3. The molecule has 0 saturated heterocycles. The first-order valence-electron chi connectivity index (χ1n) is 6.37. The van der Waals surface area contributed by atoms with Gasteiger partial charge in [0.25, 0.3) is 0 Å². The van der Waals surface area contributed by atoms with Crippen molar-refractivity contribution in [2.45, 2.75) is 12.6 Å². The number of aromatic amines is 1. The van der Waals surface area contributed by atoms with Gasteiger partial charge in [0.05, 0.1) is 5.56 Å². The van der Waals surface area contributed by atoms with Crippen LogP contribution in [0.3, 0.4) is 0 Å². The highest BCUT2D eigenvalue weighted by molar-refractivity contribution is 5.58. The van der Waals surface area contributed by atoms with Crippen molar-refractivity contribution in [3.8, 4) is 11.4 Å². The van der Waals surface area contributed by atoms with E-state index in [9.17, 15) is 13.2 Å². The number of pyridine rings is 1. The Hall–Kier alpha value is -2.77. The zero-order valence-corrected chi connectivity index (χ0v) is 11.2. The second kappa shape index (κ2) is 5.55. The highest BCUT2D eigenvalue weighted by atomic mass is 19.4. The Morgan fingerprint density at radius 2 is 1.82 bits per heavy atom. The molecule has 0 saturated carbocycles. The summed E-state index contributed by atoms with van der Waals surface area (Å²) in [4.78, 5) is 4.02. The molecule has 5 nitrogen and oxygen atoms in total. The Balaban J connectivity index is 1.88. The minimum absolute atomic E-state index is 0.398. The van der Waals surface area contributed by atoms with Gasteiger partial charge in [-0.3, -0.25) is 4.98 Å². The van der Waals surface area contributed by atoms with Gasteiger partial charge in [-0.25, -0.2) is 0 Å². The van der Waals surface area contributed by atoms with E-state index in [0.717, 1.165) is 23.3 Å². The highest BCUT2D eigenvalue weighted by Crippen LogP contribution is 2.29. The summed E-state index contributed by atoms with van der Waals surface area (Å²) in [6.07, 6.45) is -0.664. The number of tetrazole rings is 1. The lowest BCUT2D eigenvalue weighted by molar-refractivity contribution is -0.137. The molecular weight excluding hydrogens is 295 g/mol. The van der Waals surface area contributed by atoms with E-state index in [0.29, 0.717) is 17.8 Å². The fourth-order valence-corrected chi connectivity index (χ4v) is 2.09. The Labute approximate surface area is 123 Å². The molecule has 22 heavy (non-hydrogen) atoms. The Morgan fingerprint density at radius 1 is 1.05 bits per heavy atom. The lowest BCUT2D eigenvalue weighted by Crippen LogP contribution is -2.04. The number of alkyl halides is 3. The molecule has 0 unspecified atom stereocenters. The summed E-state index contributed by atoms with van der Waals surface area (Å²) < 4.78 is 37.7. The fraction of sp³-hybridized carbons (Fsp3) is 0.143. The summed E-state index contributed by atoms with van der Waals surface area (Å²) in [5, 5.41) is 13.7. The molecule has 8 heteroatoms. The van der Waals surface area contributed by atoms with Crippen LogP contribution in [0.2, 0.25) is 0 Å². The van der Waals surface area contributed by atoms with E-state index in [4.69, 9.17) is 0 Å². The Bertz CT molecular complexity index is 751. The van der Waals surface area contributed by atoms with E-state index in [1.165, 1.54) is 12.1 Å². The van der Waals surface area contributed by atoms with Gasteiger partial charge in [0.2, 0.25) is 5.82 Å². The smallest absolute Gasteiger partial charge is 0.264 e. The van der Waals surface area contributed by atoms with Crippen molar-refractivity contribution in [2.75, 3.05) is 0 Å². The number of H-pyrrole nitrogens is 1. The van der Waals surface area contributed by atoms with Gasteiger partial charge < -0.3 is 0 Å². The maximum atomic E-state index is 12.6. The standard InChI is InChI=1S/C14H10F3N5/c15-14(16,17)11-3-1-9(2-4-11)7-10-5-6-18-8-12(10)13-19-21-22-20-13/h1-6,8H,7H2,(H,19,20,21,22). The lowest BCUT2D eigenvalue weighted by atomic mass is 10.0. The summed E-state index contributed by atoms with van der Waals surface area (Å²) in [6.45, 7) is 0. The lowest BCUT2D eigenvalue weighted by Gasteiger charge is -2.09. The Morgan fingerprint density at radius 3 is 2.45 bits per heavy atom. The molecule has 2 heterocycles. The summed E-state index contributed by atoms with van der Waals surface area (Å²) in [7, 11) is 0. The minimum Gasteiger partial charge on any atom is -0.264 e. The zero-order valence-electron chi connectivity index (χ0n) is 11.2. The third-order valence-electron chi connectivity index (χ3n) is 3.17. The highest BCUT2D eigenvalue weighted by Gasteiger charge is 2.29. The third kappa shape index (κ3) is 2.95. The van der Waals surface area contributed by atoms with Crippen molar-refractivity contribution in [1.29, 1.82) is 0 Å². The molecule has 0 amide bonds. The molecule has 0 spiro atoms. The normalized spacial score (nSPS) is 11.6. The molecule has 3 rings (SSSR count). The average Bonchev–Trinajstić information content (AvgIpc) is 3.01. The van der Waals surface area contributed by atoms with Crippen molar-refractivity contribution in [3.63, 3.8) is 0 Å². The van der Waals surface area contributed by atoms with Crippen LogP contribution in [0, 0.1) is 0 Å². The van der Waals surface area contributed by atoms with Gasteiger partial charge in [-0.15, -0.1) is 10.2 Å². The van der Waals surface area contributed by atoms with Crippen molar-refractivity contribution >= 4 is 0 Å². The number of aromatic nitrogens is 5. The summed E-state index contributed by atoms with van der Waals surface area (Å²) in [5.41, 5.74) is 1.64. The molecule has 0 aliphatic carbocycles. The van der Waals surface area contributed by atoms with Crippen LogP contribution in [0.1, 0.15) is 16.7 Å². The van der Waals surface area contributed by atoms with E-state index >= 15 is 0 Å². The number of benzene rings is 1. The van der Waals surface area contributed by atoms with Crippen LogP contribution in [0.15, 0.2) is 42.7 Å². The predicted octanol–water partition coefficient (Wildman–Crippen LogP) is 2.87. The van der Waals surface area contributed by atoms with Gasteiger partial charge in [-0.05, 0) is 41.0 Å². The molecule has 2 aromatic heterocycles.